The summed E-state index contributed by atoms with van der Waals surface area (Å²) in [5, 5.41) is 0. The van der Waals surface area contributed by atoms with Gasteiger partial charge in [0.1, 0.15) is 0 Å². The standard InChI is InChI=1S/C16H14O2/c1-11(17)18-16-14-8-4-2-6-12(14)10-13-7-3-5-9-15(13)16/h2-9,16H,10H2,1H3. The van der Waals surface area contributed by atoms with Crippen LogP contribution in [0.3, 0.4) is 0 Å². The van der Waals surface area contributed by atoms with Gasteiger partial charge in [-0.05, 0) is 17.5 Å². The van der Waals surface area contributed by atoms with E-state index in [1.165, 1.54) is 18.1 Å². The predicted octanol–water partition coefficient (Wildman–Crippen LogP) is 3.24. The third-order valence-electron chi connectivity index (χ3n) is 3.34. The molecule has 0 bridgehead atoms. The van der Waals surface area contributed by atoms with Gasteiger partial charge in [-0.25, -0.2) is 0 Å². The summed E-state index contributed by atoms with van der Waals surface area (Å²) in [7, 11) is 0. The molecule has 0 atom stereocenters. The summed E-state index contributed by atoms with van der Waals surface area (Å²) in [6.45, 7) is 1.46. The number of carbonyl (C=O) groups excluding carboxylic acids is 1. The number of ether oxygens (including phenoxy) is 1. The van der Waals surface area contributed by atoms with Gasteiger partial charge in [0, 0.05) is 18.1 Å². The fourth-order valence-electron chi connectivity index (χ4n) is 2.57. The first-order valence-electron chi connectivity index (χ1n) is 6.08. The van der Waals surface area contributed by atoms with E-state index in [0.717, 1.165) is 17.5 Å². The maximum absolute atomic E-state index is 11.3. The zero-order valence-corrected chi connectivity index (χ0v) is 10.2. The highest BCUT2D eigenvalue weighted by molar-refractivity contribution is 5.67. The lowest BCUT2D eigenvalue weighted by Gasteiger charge is -2.27. The van der Waals surface area contributed by atoms with Gasteiger partial charge >= 0.3 is 5.97 Å². The molecule has 1 aliphatic carbocycles. The van der Waals surface area contributed by atoms with Gasteiger partial charge in [0.2, 0.25) is 0 Å². The lowest BCUT2D eigenvalue weighted by atomic mass is 9.84. The molecule has 0 radical (unpaired) electrons. The van der Waals surface area contributed by atoms with Crippen LogP contribution in [0, 0.1) is 0 Å². The van der Waals surface area contributed by atoms with Crippen LogP contribution in [0.25, 0.3) is 0 Å². The summed E-state index contributed by atoms with van der Waals surface area (Å²) >= 11 is 0. The minimum atomic E-state index is -0.261. The molecule has 0 heterocycles. The van der Waals surface area contributed by atoms with Gasteiger partial charge < -0.3 is 4.74 Å². The molecule has 0 aromatic heterocycles. The Morgan fingerprint density at radius 3 is 2.00 bits per heavy atom. The van der Waals surface area contributed by atoms with Crippen molar-refractivity contribution in [2.24, 2.45) is 0 Å². The topological polar surface area (TPSA) is 26.3 Å². The second-order valence-electron chi connectivity index (χ2n) is 4.56. The van der Waals surface area contributed by atoms with Crippen LogP contribution >= 0.6 is 0 Å². The molecular weight excluding hydrogens is 224 g/mol. The average Bonchev–Trinajstić information content (AvgIpc) is 2.38. The lowest BCUT2D eigenvalue weighted by Crippen LogP contribution is -2.18. The van der Waals surface area contributed by atoms with Gasteiger partial charge in [-0.2, -0.15) is 0 Å². The summed E-state index contributed by atoms with van der Waals surface area (Å²) in [5.41, 5.74) is 4.68. The van der Waals surface area contributed by atoms with Gasteiger partial charge in [-0.15, -0.1) is 0 Å². The van der Waals surface area contributed by atoms with E-state index in [1.54, 1.807) is 0 Å². The number of benzene rings is 2. The first kappa shape index (κ1) is 11.0. The van der Waals surface area contributed by atoms with Crippen molar-refractivity contribution >= 4 is 5.97 Å². The summed E-state index contributed by atoms with van der Waals surface area (Å²) in [4.78, 5) is 11.3. The quantitative estimate of drug-likeness (QED) is 0.713. The molecule has 1 aliphatic rings. The van der Waals surface area contributed by atoms with Crippen LogP contribution in [0.15, 0.2) is 48.5 Å². The largest absolute Gasteiger partial charge is 0.453 e. The van der Waals surface area contributed by atoms with Gasteiger partial charge in [-0.3, -0.25) is 4.79 Å². The SMILES string of the molecule is CC(=O)OC1c2ccccc2Cc2ccccc21. The molecule has 2 aromatic carbocycles. The molecule has 0 amide bonds. The monoisotopic (exact) mass is 238 g/mol. The van der Waals surface area contributed by atoms with Crippen molar-refractivity contribution in [3.63, 3.8) is 0 Å². The van der Waals surface area contributed by atoms with Crippen LogP contribution in [0.4, 0.5) is 0 Å². The van der Waals surface area contributed by atoms with Crippen LogP contribution in [0.1, 0.15) is 35.3 Å². The Balaban J connectivity index is 2.14. The molecule has 0 unspecified atom stereocenters. The molecule has 0 aliphatic heterocycles. The van der Waals surface area contributed by atoms with Crippen LogP contribution < -0.4 is 0 Å². The summed E-state index contributed by atoms with van der Waals surface area (Å²) < 4.78 is 5.51. The molecule has 2 heteroatoms. The number of fused-ring (bicyclic) bond motifs is 2. The summed E-state index contributed by atoms with van der Waals surface area (Å²) in [5.74, 6) is -0.244. The Labute approximate surface area is 106 Å². The van der Waals surface area contributed by atoms with Crippen molar-refractivity contribution in [1.82, 2.24) is 0 Å². The highest BCUT2D eigenvalue weighted by atomic mass is 16.5. The van der Waals surface area contributed by atoms with Gasteiger partial charge in [0.05, 0.1) is 0 Å². The third kappa shape index (κ3) is 1.80. The number of esters is 1. The zero-order chi connectivity index (χ0) is 12.5. The lowest BCUT2D eigenvalue weighted by molar-refractivity contribution is -0.144. The fraction of sp³-hybridized carbons (Fsp3) is 0.188. The predicted molar refractivity (Wildman–Crippen MR) is 69.3 cm³/mol. The van der Waals surface area contributed by atoms with Crippen molar-refractivity contribution in [2.75, 3.05) is 0 Å². The summed E-state index contributed by atoms with van der Waals surface area (Å²) in [6, 6.07) is 16.3. The molecule has 0 saturated carbocycles. The average molecular weight is 238 g/mol. The first-order valence-corrected chi connectivity index (χ1v) is 6.08. The van der Waals surface area contributed by atoms with Crippen LogP contribution in [-0.2, 0) is 16.0 Å². The van der Waals surface area contributed by atoms with E-state index in [0.29, 0.717) is 0 Å². The van der Waals surface area contributed by atoms with Crippen molar-refractivity contribution < 1.29 is 9.53 Å². The molecule has 0 fully saturated rings. The molecule has 90 valence electrons. The van der Waals surface area contributed by atoms with E-state index in [4.69, 9.17) is 4.74 Å². The second-order valence-corrected chi connectivity index (χ2v) is 4.56. The smallest absolute Gasteiger partial charge is 0.303 e. The number of hydrogen-bond acceptors (Lipinski definition) is 2. The molecule has 18 heavy (non-hydrogen) atoms. The minimum absolute atomic E-state index is 0.244. The zero-order valence-electron chi connectivity index (χ0n) is 10.2. The number of carbonyl (C=O) groups is 1. The van der Waals surface area contributed by atoms with E-state index in [1.807, 2.05) is 36.4 Å². The first-order chi connectivity index (χ1) is 8.75. The van der Waals surface area contributed by atoms with Gasteiger partial charge in [0.15, 0.2) is 6.10 Å². The number of hydrogen-bond donors (Lipinski definition) is 0. The Morgan fingerprint density at radius 1 is 1.00 bits per heavy atom. The Bertz CT molecular complexity index is 556. The van der Waals surface area contributed by atoms with Crippen LogP contribution in [-0.4, -0.2) is 5.97 Å². The molecule has 2 aromatic rings. The van der Waals surface area contributed by atoms with Gasteiger partial charge in [-0.1, -0.05) is 48.5 Å². The highest BCUT2D eigenvalue weighted by Gasteiger charge is 2.26. The van der Waals surface area contributed by atoms with E-state index in [2.05, 4.69) is 12.1 Å². The molecule has 2 nitrogen and oxygen atoms in total. The van der Waals surface area contributed by atoms with Gasteiger partial charge in [0.25, 0.3) is 0 Å². The molecule has 0 saturated heterocycles. The Morgan fingerprint density at radius 2 is 1.50 bits per heavy atom. The normalized spacial score (nSPS) is 13.6. The minimum Gasteiger partial charge on any atom is -0.453 e. The van der Waals surface area contributed by atoms with E-state index in [9.17, 15) is 4.79 Å². The maximum atomic E-state index is 11.3. The van der Waals surface area contributed by atoms with Crippen molar-refractivity contribution in [2.45, 2.75) is 19.4 Å². The Kier molecular flexibility index (Phi) is 2.63. The second kappa shape index (κ2) is 4.30. The highest BCUT2D eigenvalue weighted by Crippen LogP contribution is 2.37. The molecule has 3 rings (SSSR count). The van der Waals surface area contributed by atoms with E-state index >= 15 is 0 Å². The fourth-order valence-corrected chi connectivity index (χ4v) is 2.57. The molecule has 0 spiro atoms. The van der Waals surface area contributed by atoms with E-state index < -0.39 is 0 Å². The summed E-state index contributed by atoms with van der Waals surface area (Å²) in [6.07, 6.45) is 0.646. The van der Waals surface area contributed by atoms with E-state index in [-0.39, 0.29) is 12.1 Å². The number of rotatable bonds is 1. The maximum Gasteiger partial charge on any atom is 0.303 e. The van der Waals surface area contributed by atoms with Crippen LogP contribution in [0.5, 0.6) is 0 Å². The third-order valence-corrected chi connectivity index (χ3v) is 3.34. The van der Waals surface area contributed by atoms with Crippen molar-refractivity contribution in [3.05, 3.63) is 70.8 Å². The molecule has 0 N–H and O–H groups in total. The molecular formula is C16H14O2. The van der Waals surface area contributed by atoms with Crippen molar-refractivity contribution in [3.8, 4) is 0 Å². The Hall–Kier alpha value is -2.09. The van der Waals surface area contributed by atoms with Crippen molar-refractivity contribution in [1.29, 1.82) is 0 Å². The van der Waals surface area contributed by atoms with Crippen LogP contribution in [0.2, 0.25) is 0 Å².